The second kappa shape index (κ2) is 6.84. The minimum Gasteiger partial charge on any atom is -0.303 e. The van der Waals surface area contributed by atoms with E-state index >= 15 is 0 Å². The number of carbonyl (C=O) groups is 1. The number of hydrogen-bond acceptors (Lipinski definition) is 3. The predicted octanol–water partition coefficient (Wildman–Crippen LogP) is 1.74. The summed E-state index contributed by atoms with van der Waals surface area (Å²) in [4.78, 5) is 9.81. The van der Waals surface area contributed by atoms with E-state index in [1.165, 1.54) is 0 Å². The third-order valence-electron chi connectivity index (χ3n) is 0.936. The molecule has 4 heteroatoms. The Balaban J connectivity index is 3.13. The molecule has 0 aromatic rings. The molecule has 58 valence electrons. The first-order chi connectivity index (χ1) is 4.81. The topological polar surface area (TPSA) is 43.4 Å². The van der Waals surface area contributed by atoms with Gasteiger partial charge < -0.3 is 4.79 Å². The van der Waals surface area contributed by atoms with Crippen LogP contribution in [-0.4, -0.2) is 19.1 Å². The lowest BCUT2D eigenvalue weighted by Gasteiger charge is -1.82. The van der Waals surface area contributed by atoms with Crippen LogP contribution in [0.4, 0.5) is 0 Å². The Morgan fingerprint density at radius 1 is 1.60 bits per heavy atom. The number of unbranched alkanes of at least 4 members (excludes halogenated alkanes) is 1. The summed E-state index contributed by atoms with van der Waals surface area (Å²) in [6.07, 6.45) is 2.48. The summed E-state index contributed by atoms with van der Waals surface area (Å²) in [6.45, 7) is 2.28. The summed E-state index contributed by atoms with van der Waals surface area (Å²) in [7, 11) is -1.50. The Morgan fingerprint density at radius 2 is 2.30 bits per heavy atom. The van der Waals surface area contributed by atoms with Crippen LogP contribution in [0.1, 0.15) is 19.8 Å². The summed E-state index contributed by atoms with van der Waals surface area (Å²) in [6, 6.07) is 0. The van der Waals surface area contributed by atoms with Gasteiger partial charge in [-0.15, -0.1) is 4.52 Å². The van der Waals surface area contributed by atoms with Gasteiger partial charge in [0.25, 0.3) is 0 Å². The fourth-order valence-corrected chi connectivity index (χ4v) is 1.37. The molecule has 1 unspecified atom stereocenters. The highest BCUT2D eigenvalue weighted by Crippen LogP contribution is 2.22. The number of carbonyl (C=O) groups excluding carboxylic acids is 1. The van der Waals surface area contributed by atoms with E-state index in [0.717, 1.165) is 6.29 Å². The van der Waals surface area contributed by atoms with Crippen molar-refractivity contribution in [3.63, 3.8) is 0 Å². The summed E-state index contributed by atoms with van der Waals surface area (Å²) in [5.41, 5.74) is 0. The van der Waals surface area contributed by atoms with E-state index in [1.54, 1.807) is 6.92 Å². The molecule has 0 aliphatic rings. The van der Waals surface area contributed by atoms with E-state index in [0.29, 0.717) is 25.6 Å². The van der Waals surface area contributed by atoms with Gasteiger partial charge in [-0.25, -0.2) is 0 Å². The molecule has 0 saturated heterocycles. The van der Waals surface area contributed by atoms with E-state index in [-0.39, 0.29) is 0 Å². The Morgan fingerprint density at radius 3 is 2.80 bits per heavy atom. The second-order valence-electron chi connectivity index (χ2n) is 1.78. The van der Waals surface area contributed by atoms with Gasteiger partial charge in [-0.2, -0.15) is 0 Å². The van der Waals surface area contributed by atoms with Gasteiger partial charge in [0.05, 0.1) is 6.61 Å². The zero-order valence-electron chi connectivity index (χ0n) is 6.08. The van der Waals surface area contributed by atoms with Gasteiger partial charge in [0.1, 0.15) is 6.29 Å². The zero-order valence-corrected chi connectivity index (χ0v) is 6.97. The summed E-state index contributed by atoms with van der Waals surface area (Å²) < 4.78 is 15.5. The molecule has 0 amide bonds. The largest absolute Gasteiger partial charge is 0.508 e. The molecule has 0 rings (SSSR count). The zero-order chi connectivity index (χ0) is 7.82. The van der Waals surface area contributed by atoms with E-state index in [4.69, 9.17) is 4.52 Å². The van der Waals surface area contributed by atoms with Crippen molar-refractivity contribution in [2.24, 2.45) is 0 Å². The van der Waals surface area contributed by atoms with Gasteiger partial charge in [-0.3, -0.25) is 0 Å². The molecule has 0 saturated carbocycles. The van der Waals surface area contributed by atoms with Crippen molar-refractivity contribution in [1.29, 1.82) is 0 Å². The molecular weight excluding hydrogens is 151 g/mol. The van der Waals surface area contributed by atoms with Crippen LogP contribution >= 0.6 is 8.03 Å². The fourth-order valence-electron chi connectivity index (χ4n) is 0.512. The van der Waals surface area contributed by atoms with E-state index in [9.17, 15) is 9.36 Å². The predicted molar refractivity (Wildman–Crippen MR) is 39.4 cm³/mol. The monoisotopic (exact) mass is 163 g/mol. The van der Waals surface area contributed by atoms with Crippen LogP contribution in [0.2, 0.25) is 0 Å². The third-order valence-corrected chi connectivity index (χ3v) is 2.16. The second-order valence-corrected chi connectivity index (χ2v) is 3.15. The summed E-state index contributed by atoms with van der Waals surface area (Å²) >= 11 is 0. The van der Waals surface area contributed by atoms with Crippen molar-refractivity contribution in [2.75, 3.05) is 12.8 Å². The average molecular weight is 163 g/mol. The highest BCUT2D eigenvalue weighted by Gasteiger charge is 2.13. The van der Waals surface area contributed by atoms with E-state index in [2.05, 4.69) is 0 Å². The average Bonchev–Trinajstić information content (AvgIpc) is 1.89. The van der Waals surface area contributed by atoms with Crippen LogP contribution in [0.25, 0.3) is 0 Å². The summed E-state index contributed by atoms with van der Waals surface area (Å²) in [5.74, 6) is 0. The van der Waals surface area contributed by atoms with Crippen LogP contribution in [0.5, 0.6) is 0 Å². The molecule has 0 spiro atoms. The van der Waals surface area contributed by atoms with Gasteiger partial charge in [0, 0.05) is 12.8 Å². The van der Waals surface area contributed by atoms with Crippen LogP contribution in [0, 0.1) is 0 Å². The molecule has 0 radical (unpaired) electrons. The maximum atomic E-state index is 10.7. The maximum absolute atomic E-state index is 10.7. The molecule has 0 aliphatic heterocycles. The lowest BCUT2D eigenvalue weighted by atomic mass is 10.4. The van der Waals surface area contributed by atoms with Crippen LogP contribution in [0.3, 0.4) is 0 Å². The van der Waals surface area contributed by atoms with Crippen molar-refractivity contribution in [3.05, 3.63) is 0 Å². The molecule has 3 nitrogen and oxygen atoms in total. The van der Waals surface area contributed by atoms with Crippen molar-refractivity contribution < 1.29 is 13.9 Å². The fraction of sp³-hybridized carbons (Fsp3) is 0.833. The first kappa shape index (κ1) is 9.73. The van der Waals surface area contributed by atoms with Gasteiger partial charge in [0.15, 0.2) is 6.16 Å². The molecule has 0 heterocycles. The quantitative estimate of drug-likeness (QED) is 0.340. The molecule has 1 atom stereocenters. The molecule has 0 bridgehead atoms. The molecule has 0 fully saturated rings. The Kier molecular flexibility index (Phi) is 6.66. The molecule has 0 aliphatic carbocycles. The van der Waals surface area contributed by atoms with Crippen molar-refractivity contribution >= 4 is 14.3 Å². The SMILES string of the molecule is CCO[P+](=O)CCCC=O. The van der Waals surface area contributed by atoms with Gasteiger partial charge in [-0.1, -0.05) is 0 Å². The lowest BCUT2D eigenvalue weighted by molar-refractivity contribution is -0.107. The van der Waals surface area contributed by atoms with Gasteiger partial charge in [0.2, 0.25) is 0 Å². The minimum absolute atomic E-state index is 0.480. The van der Waals surface area contributed by atoms with Crippen LogP contribution in [0.15, 0.2) is 0 Å². The first-order valence-corrected chi connectivity index (χ1v) is 4.68. The van der Waals surface area contributed by atoms with Crippen molar-refractivity contribution in [1.82, 2.24) is 0 Å². The van der Waals surface area contributed by atoms with Crippen molar-refractivity contribution in [3.8, 4) is 0 Å². The molecule has 0 aromatic carbocycles. The number of rotatable bonds is 6. The molecule has 0 aromatic heterocycles. The Hall–Kier alpha value is -0.270. The van der Waals surface area contributed by atoms with E-state index < -0.39 is 8.03 Å². The smallest absolute Gasteiger partial charge is 0.303 e. The Bertz CT molecular complexity index is 114. The highest BCUT2D eigenvalue weighted by molar-refractivity contribution is 7.39. The lowest BCUT2D eigenvalue weighted by Crippen LogP contribution is -1.84. The van der Waals surface area contributed by atoms with Gasteiger partial charge >= 0.3 is 8.03 Å². The normalized spacial score (nSPS) is 11.1. The highest BCUT2D eigenvalue weighted by atomic mass is 31.1. The molecule has 10 heavy (non-hydrogen) atoms. The molecular formula is C6H12O3P+. The minimum atomic E-state index is -1.50. The standard InChI is InChI=1S/C6H12O3P/c1-2-9-10(8)6-4-3-5-7/h5H,2-4,6H2,1H3/q+1. The third kappa shape index (κ3) is 5.86. The van der Waals surface area contributed by atoms with E-state index in [1.807, 2.05) is 0 Å². The van der Waals surface area contributed by atoms with Gasteiger partial charge in [-0.05, 0) is 11.5 Å². The summed E-state index contributed by atoms with van der Waals surface area (Å²) in [5, 5.41) is 0. The maximum Gasteiger partial charge on any atom is 0.508 e. The first-order valence-electron chi connectivity index (χ1n) is 3.32. The number of hydrogen-bond donors (Lipinski definition) is 0. The number of aldehydes is 1. The van der Waals surface area contributed by atoms with Crippen LogP contribution < -0.4 is 0 Å². The Labute approximate surface area is 61.6 Å². The van der Waals surface area contributed by atoms with Crippen LogP contribution in [-0.2, 0) is 13.9 Å². The molecule has 0 N–H and O–H groups in total. The van der Waals surface area contributed by atoms with Crippen molar-refractivity contribution in [2.45, 2.75) is 19.8 Å².